The van der Waals surface area contributed by atoms with Crippen molar-refractivity contribution in [1.29, 1.82) is 0 Å². The van der Waals surface area contributed by atoms with Gasteiger partial charge >= 0.3 is 11.9 Å². The number of hydrogen-bond donors (Lipinski definition) is 0. The summed E-state index contributed by atoms with van der Waals surface area (Å²) in [6, 6.07) is 9.59. The van der Waals surface area contributed by atoms with Gasteiger partial charge in [0.1, 0.15) is 18.6 Å². The molecule has 8 heteroatoms. The molecule has 1 aromatic heterocycles. The first kappa shape index (κ1) is 24.5. The second-order valence-corrected chi connectivity index (χ2v) is 9.10. The van der Waals surface area contributed by atoms with Crippen LogP contribution >= 0.6 is 0 Å². The quantitative estimate of drug-likeness (QED) is 0.488. The van der Waals surface area contributed by atoms with E-state index in [0.29, 0.717) is 38.5 Å². The predicted octanol–water partition coefficient (Wildman–Crippen LogP) is 2.72. The van der Waals surface area contributed by atoms with E-state index in [0.717, 1.165) is 5.56 Å². The molecule has 1 amide bonds. The zero-order valence-electron chi connectivity index (χ0n) is 19.8. The maximum Gasteiger partial charge on any atom is 0.397 e. The summed E-state index contributed by atoms with van der Waals surface area (Å²) in [4.78, 5) is 39.6. The van der Waals surface area contributed by atoms with Gasteiger partial charge in [-0.3, -0.25) is 14.5 Å². The lowest BCUT2D eigenvalue weighted by molar-refractivity contribution is -0.160. The van der Waals surface area contributed by atoms with Crippen molar-refractivity contribution in [1.82, 2.24) is 9.80 Å². The van der Waals surface area contributed by atoms with Crippen LogP contribution in [-0.2, 0) is 32.9 Å². The van der Waals surface area contributed by atoms with Crippen molar-refractivity contribution < 1.29 is 23.5 Å². The Kier molecular flexibility index (Phi) is 7.92. The van der Waals surface area contributed by atoms with Gasteiger partial charge in [-0.1, -0.05) is 45.0 Å². The highest BCUT2D eigenvalue weighted by Crippen LogP contribution is 2.22. The minimum Gasteiger partial charge on any atom is -0.482 e. The maximum atomic E-state index is 12.5. The molecule has 1 fully saturated rings. The number of benzene rings is 1. The average molecular weight is 457 g/mol. The molecule has 0 spiro atoms. The molecule has 0 radical (unpaired) electrons. The van der Waals surface area contributed by atoms with Gasteiger partial charge in [0.05, 0.1) is 13.2 Å². The minimum absolute atomic E-state index is 0.0827. The van der Waals surface area contributed by atoms with Gasteiger partial charge in [-0.2, -0.15) is 0 Å². The summed E-state index contributed by atoms with van der Waals surface area (Å²) < 4.78 is 16.1. The summed E-state index contributed by atoms with van der Waals surface area (Å²) in [6.45, 7) is 11.0. The Bertz CT molecular complexity index is 1010. The molecule has 0 unspecified atom stereocenters. The van der Waals surface area contributed by atoms with E-state index in [1.54, 1.807) is 6.92 Å². The van der Waals surface area contributed by atoms with Gasteiger partial charge in [-0.25, -0.2) is 4.79 Å². The van der Waals surface area contributed by atoms with E-state index in [1.807, 2.05) is 12.1 Å². The van der Waals surface area contributed by atoms with Crippen LogP contribution in [0.1, 0.15) is 44.6 Å². The van der Waals surface area contributed by atoms with Gasteiger partial charge in [0.15, 0.2) is 0 Å². The molecular weight excluding hydrogens is 424 g/mol. The standard InChI is InChI=1S/C25H32N2O6/c1-5-31-24(30)23(29)27-12-10-26(11-13-27)15-20-14-21(28)22(17-32-20)33-16-18-6-8-19(9-7-18)25(2,3)4/h6-9,14,17H,5,10-13,15-16H2,1-4H3. The number of amides is 1. The van der Waals surface area contributed by atoms with Crippen molar-refractivity contribution in [3.8, 4) is 5.75 Å². The van der Waals surface area contributed by atoms with Gasteiger partial charge in [0.2, 0.25) is 11.2 Å². The van der Waals surface area contributed by atoms with Crippen LogP contribution in [0.15, 0.2) is 45.8 Å². The molecule has 1 saturated heterocycles. The zero-order valence-corrected chi connectivity index (χ0v) is 19.8. The largest absolute Gasteiger partial charge is 0.482 e. The van der Waals surface area contributed by atoms with Crippen molar-refractivity contribution in [2.75, 3.05) is 32.8 Å². The van der Waals surface area contributed by atoms with Crippen molar-refractivity contribution in [2.24, 2.45) is 0 Å². The SMILES string of the molecule is CCOC(=O)C(=O)N1CCN(Cc2cc(=O)c(OCc3ccc(C(C)(C)C)cc3)co2)CC1. The smallest absolute Gasteiger partial charge is 0.397 e. The van der Waals surface area contributed by atoms with Crippen molar-refractivity contribution in [2.45, 2.75) is 46.3 Å². The van der Waals surface area contributed by atoms with Gasteiger partial charge < -0.3 is 18.8 Å². The second-order valence-electron chi connectivity index (χ2n) is 9.10. The molecule has 0 N–H and O–H groups in total. The molecule has 2 aromatic rings. The van der Waals surface area contributed by atoms with Crippen LogP contribution in [0.2, 0.25) is 0 Å². The fraction of sp³-hybridized carbons (Fsp3) is 0.480. The van der Waals surface area contributed by atoms with Crippen LogP contribution in [0.5, 0.6) is 5.75 Å². The van der Waals surface area contributed by atoms with Gasteiger partial charge in [-0.15, -0.1) is 0 Å². The molecule has 8 nitrogen and oxygen atoms in total. The van der Waals surface area contributed by atoms with Crippen molar-refractivity contribution in [3.05, 3.63) is 63.7 Å². The lowest BCUT2D eigenvalue weighted by atomic mass is 9.87. The predicted molar refractivity (Wildman–Crippen MR) is 123 cm³/mol. The minimum atomic E-state index is -0.822. The fourth-order valence-corrected chi connectivity index (χ4v) is 3.54. The van der Waals surface area contributed by atoms with Crippen LogP contribution < -0.4 is 10.2 Å². The third kappa shape index (κ3) is 6.68. The van der Waals surface area contributed by atoms with Crippen LogP contribution in [0.4, 0.5) is 0 Å². The zero-order chi connectivity index (χ0) is 24.0. The molecule has 178 valence electrons. The van der Waals surface area contributed by atoms with Crippen LogP contribution in [0.25, 0.3) is 0 Å². The summed E-state index contributed by atoms with van der Waals surface area (Å²) in [7, 11) is 0. The van der Waals surface area contributed by atoms with Crippen LogP contribution in [0, 0.1) is 0 Å². The lowest BCUT2D eigenvalue weighted by Crippen LogP contribution is -2.50. The Morgan fingerprint density at radius 1 is 1.06 bits per heavy atom. The van der Waals surface area contributed by atoms with E-state index in [2.05, 4.69) is 37.8 Å². The third-order valence-electron chi connectivity index (χ3n) is 5.56. The summed E-state index contributed by atoms with van der Waals surface area (Å²) in [5.74, 6) is -0.745. The van der Waals surface area contributed by atoms with Crippen molar-refractivity contribution in [3.63, 3.8) is 0 Å². The number of nitrogens with zero attached hydrogens (tertiary/aromatic N) is 2. The number of piperazine rings is 1. The van der Waals surface area contributed by atoms with E-state index >= 15 is 0 Å². The monoisotopic (exact) mass is 456 g/mol. The van der Waals surface area contributed by atoms with E-state index < -0.39 is 11.9 Å². The number of ether oxygens (including phenoxy) is 2. The first-order chi connectivity index (χ1) is 15.7. The van der Waals surface area contributed by atoms with E-state index in [-0.39, 0.29) is 29.8 Å². The fourth-order valence-electron chi connectivity index (χ4n) is 3.54. The molecule has 1 aliphatic heterocycles. The number of carbonyl (C=O) groups excluding carboxylic acids is 2. The summed E-state index contributed by atoms with van der Waals surface area (Å²) in [5.41, 5.74) is 2.06. The molecule has 1 aliphatic rings. The molecule has 0 bridgehead atoms. The van der Waals surface area contributed by atoms with Crippen molar-refractivity contribution >= 4 is 11.9 Å². The molecule has 1 aromatic carbocycles. The summed E-state index contributed by atoms with van der Waals surface area (Å²) >= 11 is 0. The van der Waals surface area contributed by atoms with Crippen LogP contribution in [0.3, 0.4) is 0 Å². The second kappa shape index (κ2) is 10.7. The van der Waals surface area contributed by atoms with Crippen LogP contribution in [-0.4, -0.2) is 54.5 Å². The molecule has 0 saturated carbocycles. The van der Waals surface area contributed by atoms with Gasteiger partial charge in [-0.05, 0) is 23.5 Å². The van der Waals surface area contributed by atoms with Gasteiger partial charge in [0.25, 0.3) is 0 Å². The number of rotatable bonds is 6. The Morgan fingerprint density at radius 2 is 1.73 bits per heavy atom. The summed E-state index contributed by atoms with van der Waals surface area (Å²) in [5, 5.41) is 0. The lowest BCUT2D eigenvalue weighted by Gasteiger charge is -2.33. The first-order valence-corrected chi connectivity index (χ1v) is 11.2. The number of esters is 1. The number of carbonyl (C=O) groups is 2. The molecule has 0 atom stereocenters. The highest BCUT2D eigenvalue weighted by molar-refractivity contribution is 6.32. The Morgan fingerprint density at radius 3 is 2.30 bits per heavy atom. The first-order valence-electron chi connectivity index (χ1n) is 11.2. The maximum absolute atomic E-state index is 12.5. The molecular formula is C25H32N2O6. The highest BCUT2D eigenvalue weighted by Gasteiger charge is 2.27. The molecule has 3 rings (SSSR count). The molecule has 0 aliphatic carbocycles. The molecule has 33 heavy (non-hydrogen) atoms. The average Bonchev–Trinajstić information content (AvgIpc) is 2.78. The Balaban J connectivity index is 1.50. The van der Waals surface area contributed by atoms with E-state index in [1.165, 1.54) is 22.8 Å². The van der Waals surface area contributed by atoms with Gasteiger partial charge in [0, 0.05) is 32.2 Å². The normalized spacial score (nSPS) is 14.7. The molecule has 2 heterocycles. The van der Waals surface area contributed by atoms with E-state index in [9.17, 15) is 14.4 Å². The Labute approximate surface area is 194 Å². The highest BCUT2D eigenvalue weighted by atomic mass is 16.5. The topological polar surface area (TPSA) is 89.3 Å². The van der Waals surface area contributed by atoms with E-state index in [4.69, 9.17) is 13.9 Å². The number of hydrogen-bond acceptors (Lipinski definition) is 7. The Hall–Kier alpha value is -3.13. The third-order valence-corrected chi connectivity index (χ3v) is 5.56. The summed E-state index contributed by atoms with van der Waals surface area (Å²) in [6.07, 6.45) is 1.35.